The van der Waals surface area contributed by atoms with E-state index in [0.717, 1.165) is 12.8 Å². The highest BCUT2D eigenvalue weighted by atomic mass is 32.2. The zero-order valence-corrected chi connectivity index (χ0v) is 12.0. The van der Waals surface area contributed by atoms with Gasteiger partial charge in [0.1, 0.15) is 16.4 Å². The first-order valence-corrected chi connectivity index (χ1v) is 7.84. The lowest BCUT2D eigenvalue weighted by Gasteiger charge is -2.11. The molecule has 1 aromatic rings. The average Bonchev–Trinajstić information content (AvgIpc) is 2.94. The van der Waals surface area contributed by atoms with Crippen LogP contribution in [0.3, 0.4) is 0 Å². The van der Waals surface area contributed by atoms with E-state index in [2.05, 4.69) is 4.72 Å². The van der Waals surface area contributed by atoms with Crippen molar-refractivity contribution in [3.8, 4) is 0 Å². The first-order valence-electron chi connectivity index (χ1n) is 6.36. The zero-order valence-electron chi connectivity index (χ0n) is 11.2. The Hall–Kier alpha value is -0.890. The number of nitrogens with one attached hydrogen (secondary N) is 1. The fraction of sp³-hybridized carbons (Fsp3) is 0.667. The van der Waals surface area contributed by atoms with Crippen LogP contribution in [-0.2, 0) is 21.3 Å². The summed E-state index contributed by atoms with van der Waals surface area (Å²) in [7, 11) is -3.60. The first-order chi connectivity index (χ1) is 8.95. The predicted octanol–water partition coefficient (Wildman–Crippen LogP) is 0.812. The molecule has 7 heteroatoms. The summed E-state index contributed by atoms with van der Waals surface area (Å²) < 4.78 is 38.0. The van der Waals surface area contributed by atoms with Crippen molar-refractivity contribution in [2.24, 2.45) is 5.73 Å². The summed E-state index contributed by atoms with van der Waals surface area (Å²) in [5.74, 6) is 0.926. The Balaban J connectivity index is 2.19. The van der Waals surface area contributed by atoms with Gasteiger partial charge in [-0.3, -0.25) is 0 Å². The molecule has 1 atom stereocenters. The van der Waals surface area contributed by atoms with E-state index in [1.54, 1.807) is 13.8 Å². The molecule has 108 valence electrons. The van der Waals surface area contributed by atoms with E-state index in [4.69, 9.17) is 14.9 Å². The molecule has 1 aliphatic heterocycles. The Labute approximate surface area is 113 Å². The predicted molar refractivity (Wildman–Crippen MR) is 70.2 cm³/mol. The highest BCUT2D eigenvalue weighted by Crippen LogP contribution is 2.26. The molecule has 1 fully saturated rings. The third-order valence-corrected chi connectivity index (χ3v) is 4.94. The van der Waals surface area contributed by atoms with Crippen molar-refractivity contribution in [3.63, 3.8) is 0 Å². The number of sulfonamides is 1. The first kappa shape index (κ1) is 14.5. The monoisotopic (exact) mass is 288 g/mol. The maximum atomic E-state index is 12.3. The van der Waals surface area contributed by atoms with E-state index in [0.29, 0.717) is 23.7 Å². The molecule has 1 unspecified atom stereocenters. The normalized spacial score (nSPS) is 20.1. The lowest BCUT2D eigenvalue weighted by Crippen LogP contribution is -2.32. The van der Waals surface area contributed by atoms with Gasteiger partial charge < -0.3 is 14.9 Å². The van der Waals surface area contributed by atoms with Crippen molar-refractivity contribution in [3.05, 3.63) is 17.1 Å². The van der Waals surface area contributed by atoms with Crippen LogP contribution in [0.1, 0.15) is 29.9 Å². The van der Waals surface area contributed by atoms with Gasteiger partial charge in [-0.2, -0.15) is 0 Å². The number of rotatable bonds is 5. The lowest BCUT2D eigenvalue weighted by molar-refractivity contribution is 0.114. The molecule has 19 heavy (non-hydrogen) atoms. The van der Waals surface area contributed by atoms with Crippen LogP contribution in [0.4, 0.5) is 0 Å². The Bertz CT molecular complexity index is 544. The van der Waals surface area contributed by atoms with Gasteiger partial charge in [0.05, 0.1) is 6.10 Å². The van der Waals surface area contributed by atoms with Gasteiger partial charge in [0.15, 0.2) is 0 Å². The second kappa shape index (κ2) is 5.62. The van der Waals surface area contributed by atoms with Crippen LogP contribution in [0, 0.1) is 13.8 Å². The highest BCUT2D eigenvalue weighted by Gasteiger charge is 2.27. The number of hydrogen-bond acceptors (Lipinski definition) is 5. The van der Waals surface area contributed by atoms with Crippen LogP contribution in [0.2, 0.25) is 0 Å². The van der Waals surface area contributed by atoms with E-state index in [1.807, 2.05) is 0 Å². The van der Waals surface area contributed by atoms with Gasteiger partial charge >= 0.3 is 0 Å². The van der Waals surface area contributed by atoms with Crippen molar-refractivity contribution in [1.29, 1.82) is 0 Å². The van der Waals surface area contributed by atoms with E-state index >= 15 is 0 Å². The molecular formula is C12H20N2O4S. The molecular weight excluding hydrogens is 268 g/mol. The number of hydrogen-bond donors (Lipinski definition) is 2. The second-order valence-electron chi connectivity index (χ2n) is 4.71. The average molecular weight is 288 g/mol. The van der Waals surface area contributed by atoms with Crippen LogP contribution in [0.15, 0.2) is 9.31 Å². The van der Waals surface area contributed by atoms with E-state index in [9.17, 15) is 8.42 Å². The minimum atomic E-state index is -3.60. The van der Waals surface area contributed by atoms with Gasteiger partial charge in [-0.1, -0.05) is 0 Å². The Morgan fingerprint density at radius 2 is 2.11 bits per heavy atom. The van der Waals surface area contributed by atoms with E-state index in [1.165, 1.54) is 0 Å². The summed E-state index contributed by atoms with van der Waals surface area (Å²) in [6.07, 6.45) is 1.82. The number of nitrogens with two attached hydrogens (primary N) is 1. The molecule has 0 aromatic carbocycles. The Morgan fingerprint density at radius 1 is 1.37 bits per heavy atom. The number of aryl methyl sites for hydroxylation is 2. The van der Waals surface area contributed by atoms with Crippen molar-refractivity contribution in [2.45, 2.75) is 44.2 Å². The second-order valence-corrected chi connectivity index (χ2v) is 6.42. The standard InChI is InChI=1S/C12H20N2O4S/c1-8-11(6-13)12(9(2)18-8)19(15,16)14-7-10-4-3-5-17-10/h10,14H,3-7,13H2,1-2H3. The maximum Gasteiger partial charge on any atom is 0.244 e. The fourth-order valence-corrected chi connectivity index (χ4v) is 3.90. The summed E-state index contributed by atoms with van der Waals surface area (Å²) in [4.78, 5) is 0.172. The smallest absolute Gasteiger partial charge is 0.244 e. The molecule has 2 heterocycles. The molecule has 1 aromatic heterocycles. The minimum Gasteiger partial charge on any atom is -0.465 e. The third-order valence-electron chi connectivity index (χ3n) is 3.32. The Kier molecular flexibility index (Phi) is 4.29. The van der Waals surface area contributed by atoms with Gasteiger partial charge in [0.25, 0.3) is 0 Å². The van der Waals surface area contributed by atoms with Gasteiger partial charge in [-0.25, -0.2) is 13.1 Å². The van der Waals surface area contributed by atoms with Gasteiger partial charge in [0.2, 0.25) is 10.0 Å². The maximum absolute atomic E-state index is 12.3. The molecule has 3 N–H and O–H groups in total. The van der Waals surface area contributed by atoms with Crippen LogP contribution in [-0.4, -0.2) is 27.7 Å². The van der Waals surface area contributed by atoms with E-state index < -0.39 is 10.0 Å². The molecule has 0 bridgehead atoms. The quantitative estimate of drug-likeness (QED) is 0.836. The summed E-state index contributed by atoms with van der Waals surface area (Å²) in [6, 6.07) is 0. The van der Waals surface area contributed by atoms with Gasteiger partial charge in [-0.15, -0.1) is 0 Å². The summed E-state index contributed by atoms with van der Waals surface area (Å²) >= 11 is 0. The van der Waals surface area contributed by atoms with Crippen molar-refractivity contribution in [1.82, 2.24) is 4.72 Å². The molecule has 1 saturated heterocycles. The number of furan rings is 1. The van der Waals surface area contributed by atoms with Crippen LogP contribution >= 0.6 is 0 Å². The molecule has 2 rings (SSSR count). The lowest BCUT2D eigenvalue weighted by atomic mass is 10.2. The van der Waals surface area contributed by atoms with Gasteiger partial charge in [0, 0.05) is 25.3 Å². The molecule has 0 radical (unpaired) electrons. The molecule has 6 nitrogen and oxygen atoms in total. The largest absolute Gasteiger partial charge is 0.465 e. The fourth-order valence-electron chi connectivity index (χ4n) is 2.38. The van der Waals surface area contributed by atoms with Crippen molar-refractivity contribution >= 4 is 10.0 Å². The molecule has 1 aliphatic rings. The molecule has 0 aliphatic carbocycles. The Morgan fingerprint density at radius 3 is 2.68 bits per heavy atom. The summed E-state index contributed by atoms with van der Waals surface area (Å²) in [5.41, 5.74) is 6.14. The minimum absolute atomic E-state index is 0.0376. The molecule has 0 spiro atoms. The molecule has 0 amide bonds. The van der Waals surface area contributed by atoms with Crippen molar-refractivity contribution < 1.29 is 17.6 Å². The zero-order chi connectivity index (χ0) is 14.0. The van der Waals surface area contributed by atoms with Crippen molar-refractivity contribution in [2.75, 3.05) is 13.2 Å². The van der Waals surface area contributed by atoms with Crippen LogP contribution < -0.4 is 10.5 Å². The summed E-state index contributed by atoms with van der Waals surface area (Å²) in [5, 5.41) is 0. The molecule has 0 saturated carbocycles. The van der Waals surface area contributed by atoms with E-state index in [-0.39, 0.29) is 24.1 Å². The third kappa shape index (κ3) is 3.00. The van der Waals surface area contributed by atoms with Gasteiger partial charge in [-0.05, 0) is 26.7 Å². The van der Waals surface area contributed by atoms with Crippen LogP contribution in [0.5, 0.6) is 0 Å². The number of ether oxygens (including phenoxy) is 1. The topological polar surface area (TPSA) is 94.6 Å². The van der Waals surface area contributed by atoms with Crippen LogP contribution in [0.25, 0.3) is 0 Å². The summed E-state index contributed by atoms with van der Waals surface area (Å²) in [6.45, 7) is 4.47. The highest BCUT2D eigenvalue weighted by molar-refractivity contribution is 7.89. The SMILES string of the molecule is Cc1oc(C)c(S(=O)(=O)NCC2CCCO2)c1CN.